The maximum atomic E-state index is 8.98. The van der Waals surface area contributed by atoms with Gasteiger partial charge in [0, 0.05) is 36.6 Å². The summed E-state index contributed by atoms with van der Waals surface area (Å²) in [7, 11) is 0. The monoisotopic (exact) mass is 426 g/mol. The van der Waals surface area contributed by atoms with E-state index in [0.29, 0.717) is 30.0 Å². The Morgan fingerprint density at radius 2 is 1.60 bits per heavy atom. The molecule has 0 radical (unpaired) electrons. The molecule has 0 atom stereocenters. The van der Waals surface area contributed by atoms with Gasteiger partial charge < -0.3 is 27.2 Å². The lowest BCUT2D eigenvalue weighted by Crippen LogP contribution is -3.00. The number of halogens is 1. The minimum absolute atomic E-state index is 0. The summed E-state index contributed by atoms with van der Waals surface area (Å²) in [5.74, 6) is 0.393. The molecule has 0 unspecified atom stereocenters. The fourth-order valence-electron chi connectivity index (χ4n) is 2.49. The molecule has 156 valence electrons. The van der Waals surface area contributed by atoms with Crippen molar-refractivity contribution in [2.45, 2.75) is 13.1 Å². The quantitative estimate of drug-likeness (QED) is 0.163. The molecule has 2 N–H and O–H groups in total. The van der Waals surface area contributed by atoms with Gasteiger partial charge in [0.2, 0.25) is 5.84 Å². The summed E-state index contributed by atoms with van der Waals surface area (Å²) >= 11 is 0. The molecule has 2 heterocycles. The first kappa shape index (κ1) is 23.1. The predicted octanol–water partition coefficient (Wildman–Crippen LogP) is -1.19. The van der Waals surface area contributed by atoms with Crippen LogP contribution >= 0.6 is 0 Å². The first-order valence-corrected chi connectivity index (χ1v) is 9.24. The summed E-state index contributed by atoms with van der Waals surface area (Å²) in [5, 5.41) is 35.7. The normalized spacial score (nSPS) is 11.3. The largest absolute Gasteiger partial charge is 1.00 e. The number of nitrogens with zero attached hydrogens (tertiary/aromatic N) is 6. The van der Waals surface area contributed by atoms with E-state index in [4.69, 9.17) is 10.2 Å². The standard InChI is InChI=1S/C21H23N6O2.ClH/c28-16-14-26-10-6-19(7-11-26)22-24-21(18-4-2-1-3-5-18)25-23-20-8-12-27(13-9-20)15-17-29;/h1-13,28-29H,14-17H2;1H/q+1;/p-1. The van der Waals surface area contributed by atoms with E-state index in [1.165, 1.54) is 0 Å². The molecule has 30 heavy (non-hydrogen) atoms. The molecule has 0 saturated heterocycles. The number of aromatic nitrogens is 2. The highest BCUT2D eigenvalue weighted by Crippen LogP contribution is 2.11. The van der Waals surface area contributed by atoms with E-state index in [1.807, 2.05) is 88.5 Å². The molecule has 0 fully saturated rings. The van der Waals surface area contributed by atoms with Crippen molar-refractivity contribution in [2.75, 3.05) is 13.2 Å². The van der Waals surface area contributed by atoms with Gasteiger partial charge in [-0.25, -0.2) is 4.57 Å². The SMILES string of the molecule is OCCn1ccc(=NN=C(N=Nc2cc[n+](CCO)cc2)c2ccccc2)cc1.[Cl-]. The summed E-state index contributed by atoms with van der Waals surface area (Å²) in [6.07, 6.45) is 7.33. The second kappa shape index (κ2) is 12.4. The second-order valence-electron chi connectivity index (χ2n) is 6.13. The van der Waals surface area contributed by atoms with Crippen LogP contribution in [0.25, 0.3) is 0 Å². The smallest absolute Gasteiger partial charge is 0.203 e. The number of benzene rings is 1. The van der Waals surface area contributed by atoms with Gasteiger partial charge in [-0.2, -0.15) is 0 Å². The number of aliphatic hydroxyl groups is 2. The predicted molar refractivity (Wildman–Crippen MR) is 108 cm³/mol. The minimum Gasteiger partial charge on any atom is -1.00 e. The lowest BCUT2D eigenvalue weighted by atomic mass is 10.2. The van der Waals surface area contributed by atoms with Crippen LogP contribution in [-0.2, 0) is 13.1 Å². The van der Waals surface area contributed by atoms with E-state index in [-0.39, 0.29) is 25.6 Å². The summed E-state index contributed by atoms with van der Waals surface area (Å²) in [4.78, 5) is 0. The van der Waals surface area contributed by atoms with Crippen molar-refractivity contribution in [2.24, 2.45) is 20.4 Å². The Kier molecular flexibility index (Phi) is 9.53. The Morgan fingerprint density at radius 3 is 2.23 bits per heavy atom. The average molecular weight is 427 g/mol. The van der Waals surface area contributed by atoms with Crippen LogP contribution in [0.3, 0.4) is 0 Å². The number of hydrogen-bond acceptors (Lipinski definition) is 5. The number of hydrogen-bond donors (Lipinski definition) is 2. The van der Waals surface area contributed by atoms with Crippen LogP contribution in [0.2, 0.25) is 0 Å². The van der Waals surface area contributed by atoms with Gasteiger partial charge in [-0.1, -0.05) is 30.3 Å². The molecule has 0 bridgehead atoms. The van der Waals surface area contributed by atoms with Crippen LogP contribution in [0, 0.1) is 0 Å². The summed E-state index contributed by atoms with van der Waals surface area (Å²) in [6.45, 7) is 1.22. The molecule has 3 aromatic rings. The van der Waals surface area contributed by atoms with Gasteiger partial charge in [-0.3, -0.25) is 0 Å². The first-order valence-electron chi connectivity index (χ1n) is 9.24. The molecule has 9 heteroatoms. The molecule has 1 aromatic carbocycles. The number of azo groups is 1. The third-order valence-corrected chi connectivity index (χ3v) is 4.02. The van der Waals surface area contributed by atoms with E-state index in [9.17, 15) is 0 Å². The maximum Gasteiger partial charge on any atom is 0.203 e. The number of rotatable bonds is 7. The Morgan fingerprint density at radius 1 is 0.900 bits per heavy atom. The molecule has 0 aliphatic carbocycles. The van der Waals surface area contributed by atoms with Crippen LogP contribution < -0.4 is 22.3 Å². The zero-order valence-electron chi connectivity index (χ0n) is 16.3. The zero-order valence-corrected chi connectivity index (χ0v) is 17.0. The average Bonchev–Trinajstić information content (AvgIpc) is 2.77. The van der Waals surface area contributed by atoms with Crippen molar-refractivity contribution < 1.29 is 27.2 Å². The Bertz CT molecular complexity index is 1010. The van der Waals surface area contributed by atoms with Crippen LogP contribution in [0.1, 0.15) is 5.56 Å². The van der Waals surface area contributed by atoms with Gasteiger partial charge in [0.05, 0.1) is 17.7 Å². The molecule has 0 amide bonds. The molecule has 8 nitrogen and oxygen atoms in total. The molecule has 0 aliphatic rings. The van der Waals surface area contributed by atoms with E-state index in [1.54, 1.807) is 0 Å². The molecule has 3 rings (SSSR count). The summed E-state index contributed by atoms with van der Waals surface area (Å²) < 4.78 is 3.72. The Hall–Kier alpha value is -3.20. The molecular formula is C21H23ClN6O2. The fraction of sp³-hybridized carbons (Fsp3) is 0.190. The highest BCUT2D eigenvalue weighted by molar-refractivity contribution is 5.99. The lowest BCUT2D eigenvalue weighted by Gasteiger charge is -2.01. The summed E-state index contributed by atoms with van der Waals surface area (Å²) in [5.41, 5.74) is 1.48. The highest BCUT2D eigenvalue weighted by Gasteiger charge is 2.03. The van der Waals surface area contributed by atoms with Gasteiger partial charge in [-0.15, -0.1) is 20.4 Å². The third kappa shape index (κ3) is 7.00. The lowest BCUT2D eigenvalue weighted by molar-refractivity contribution is -0.698. The van der Waals surface area contributed by atoms with Crippen molar-refractivity contribution in [3.05, 3.63) is 90.3 Å². The number of pyridine rings is 2. The molecule has 2 aromatic heterocycles. The molecule has 0 saturated carbocycles. The first-order chi connectivity index (χ1) is 14.3. The van der Waals surface area contributed by atoms with Crippen molar-refractivity contribution in [3.8, 4) is 0 Å². The third-order valence-electron chi connectivity index (χ3n) is 4.02. The fourth-order valence-corrected chi connectivity index (χ4v) is 2.49. The van der Waals surface area contributed by atoms with Crippen LogP contribution in [0.5, 0.6) is 0 Å². The zero-order chi connectivity index (χ0) is 20.3. The van der Waals surface area contributed by atoms with Gasteiger partial charge in [0.1, 0.15) is 6.61 Å². The van der Waals surface area contributed by atoms with Crippen molar-refractivity contribution in [1.82, 2.24) is 4.57 Å². The summed E-state index contributed by atoms with van der Waals surface area (Å²) in [6, 6.07) is 16.8. The van der Waals surface area contributed by atoms with E-state index >= 15 is 0 Å². The number of aliphatic hydroxyl groups excluding tert-OH is 2. The van der Waals surface area contributed by atoms with Gasteiger partial charge in [0.25, 0.3) is 0 Å². The topological polar surface area (TPSA) is 98.7 Å². The van der Waals surface area contributed by atoms with Crippen LogP contribution in [0.15, 0.2) is 99.8 Å². The Labute approximate surface area is 180 Å². The van der Waals surface area contributed by atoms with Crippen LogP contribution in [0.4, 0.5) is 5.69 Å². The second-order valence-corrected chi connectivity index (χ2v) is 6.13. The van der Waals surface area contributed by atoms with E-state index in [2.05, 4.69) is 20.4 Å². The van der Waals surface area contributed by atoms with Gasteiger partial charge in [0.15, 0.2) is 18.9 Å². The molecule has 0 spiro atoms. The molecule has 0 aliphatic heterocycles. The van der Waals surface area contributed by atoms with Gasteiger partial charge >= 0.3 is 0 Å². The molecular weight excluding hydrogens is 404 g/mol. The van der Waals surface area contributed by atoms with Crippen LogP contribution in [-0.4, -0.2) is 33.8 Å². The Balaban J connectivity index is 0.00000320. The van der Waals surface area contributed by atoms with Crippen molar-refractivity contribution >= 4 is 11.5 Å². The van der Waals surface area contributed by atoms with Gasteiger partial charge in [-0.05, 0) is 12.1 Å². The van der Waals surface area contributed by atoms with Crippen molar-refractivity contribution in [3.63, 3.8) is 0 Å². The number of amidine groups is 1. The van der Waals surface area contributed by atoms with E-state index in [0.717, 1.165) is 5.56 Å². The minimum atomic E-state index is 0. The highest BCUT2D eigenvalue weighted by atomic mass is 35.5. The van der Waals surface area contributed by atoms with E-state index < -0.39 is 0 Å². The maximum absolute atomic E-state index is 8.98. The van der Waals surface area contributed by atoms with Crippen molar-refractivity contribution in [1.29, 1.82) is 0 Å².